The number of halogens is 1. The van der Waals surface area contributed by atoms with Crippen LogP contribution < -0.4 is 0 Å². The molecule has 0 saturated heterocycles. The molecule has 1 atom stereocenters. The Morgan fingerprint density at radius 3 is 2.60 bits per heavy atom. The molecule has 3 rings (SSSR count). The Labute approximate surface area is 103 Å². The van der Waals surface area contributed by atoms with E-state index in [9.17, 15) is 0 Å². The highest BCUT2D eigenvalue weighted by atomic mass is 35.5. The van der Waals surface area contributed by atoms with Gasteiger partial charge in [-0.2, -0.15) is 0 Å². The van der Waals surface area contributed by atoms with Gasteiger partial charge in [0.25, 0.3) is 0 Å². The Bertz CT molecular complexity index is 258. The third kappa shape index (κ3) is 2.21. The lowest BCUT2D eigenvalue weighted by Gasteiger charge is -2.30. The molecule has 0 radical (unpaired) electrons. The van der Waals surface area contributed by atoms with E-state index < -0.39 is 0 Å². The standard InChI is InChI=1S/C12H19NS.ClH/c1-4-8-12(9-5-1)13-10-6-2-3-7-11(10)14-12;/h11H,1-9H2;1H. The first-order valence-corrected chi connectivity index (χ1v) is 7.02. The van der Waals surface area contributed by atoms with Gasteiger partial charge in [0, 0.05) is 11.0 Å². The van der Waals surface area contributed by atoms with Gasteiger partial charge >= 0.3 is 0 Å². The number of rotatable bonds is 0. The topological polar surface area (TPSA) is 12.4 Å². The lowest BCUT2D eigenvalue weighted by molar-refractivity contribution is 0.412. The molecule has 1 aliphatic heterocycles. The molecule has 3 aliphatic rings. The summed E-state index contributed by atoms with van der Waals surface area (Å²) >= 11 is 2.21. The van der Waals surface area contributed by atoms with E-state index in [1.807, 2.05) is 0 Å². The largest absolute Gasteiger partial charge is 0.275 e. The van der Waals surface area contributed by atoms with Crippen LogP contribution in [-0.2, 0) is 0 Å². The molecule has 0 amide bonds. The summed E-state index contributed by atoms with van der Waals surface area (Å²) in [7, 11) is 0. The van der Waals surface area contributed by atoms with Crippen LogP contribution in [0.5, 0.6) is 0 Å². The minimum absolute atomic E-state index is 0. The molecule has 86 valence electrons. The number of hydrogen-bond acceptors (Lipinski definition) is 2. The lowest BCUT2D eigenvalue weighted by atomic mass is 9.94. The van der Waals surface area contributed by atoms with Crippen LogP contribution >= 0.6 is 24.2 Å². The number of thioether (sulfide) groups is 1. The normalized spacial score (nSPS) is 33.1. The van der Waals surface area contributed by atoms with Crippen LogP contribution in [0.4, 0.5) is 0 Å². The van der Waals surface area contributed by atoms with E-state index in [2.05, 4.69) is 11.8 Å². The van der Waals surface area contributed by atoms with Crippen molar-refractivity contribution in [1.29, 1.82) is 0 Å². The summed E-state index contributed by atoms with van der Waals surface area (Å²) in [6, 6.07) is 0. The van der Waals surface area contributed by atoms with E-state index in [1.165, 1.54) is 57.8 Å². The van der Waals surface area contributed by atoms with E-state index in [1.54, 1.807) is 5.71 Å². The SMILES string of the molecule is C1CCC2(CC1)N=C1CCCCC1S2.Cl. The second-order valence-electron chi connectivity index (χ2n) is 4.96. The minimum atomic E-state index is 0. The molecule has 0 aromatic rings. The van der Waals surface area contributed by atoms with Crippen molar-refractivity contribution in [1.82, 2.24) is 0 Å². The third-order valence-electron chi connectivity index (χ3n) is 3.86. The molecule has 1 spiro atoms. The smallest absolute Gasteiger partial charge is 0.106 e. The molecule has 2 fully saturated rings. The zero-order chi connectivity index (χ0) is 9.43. The van der Waals surface area contributed by atoms with Crippen molar-refractivity contribution in [3.63, 3.8) is 0 Å². The fourth-order valence-electron chi connectivity index (χ4n) is 3.11. The Balaban J connectivity index is 0.000000853. The highest BCUT2D eigenvalue weighted by Crippen LogP contribution is 2.50. The fraction of sp³-hybridized carbons (Fsp3) is 0.917. The summed E-state index contributed by atoms with van der Waals surface area (Å²) in [5.74, 6) is 0. The molecule has 3 heteroatoms. The van der Waals surface area contributed by atoms with Gasteiger partial charge < -0.3 is 0 Å². The average Bonchev–Trinajstić information content (AvgIpc) is 2.56. The molecular formula is C12H20ClNS. The van der Waals surface area contributed by atoms with Crippen molar-refractivity contribution in [2.75, 3.05) is 0 Å². The van der Waals surface area contributed by atoms with Crippen LogP contribution in [0.3, 0.4) is 0 Å². The van der Waals surface area contributed by atoms with E-state index >= 15 is 0 Å². The Morgan fingerprint density at radius 2 is 1.87 bits per heavy atom. The van der Waals surface area contributed by atoms with Crippen molar-refractivity contribution in [2.24, 2.45) is 4.99 Å². The summed E-state index contributed by atoms with van der Waals surface area (Å²) < 4.78 is 0. The van der Waals surface area contributed by atoms with Crippen LogP contribution in [0.15, 0.2) is 4.99 Å². The first-order valence-electron chi connectivity index (χ1n) is 6.14. The van der Waals surface area contributed by atoms with Crippen molar-refractivity contribution >= 4 is 29.9 Å². The van der Waals surface area contributed by atoms with Crippen molar-refractivity contribution < 1.29 is 0 Å². The molecular weight excluding hydrogens is 226 g/mol. The van der Waals surface area contributed by atoms with Crippen molar-refractivity contribution in [3.8, 4) is 0 Å². The maximum atomic E-state index is 5.08. The number of fused-ring (bicyclic) bond motifs is 1. The number of aliphatic imine (C=N–C) groups is 1. The molecule has 0 bridgehead atoms. The van der Waals surface area contributed by atoms with E-state index in [0.717, 1.165) is 5.25 Å². The highest BCUT2D eigenvalue weighted by Gasteiger charge is 2.42. The molecule has 2 aliphatic carbocycles. The second kappa shape index (κ2) is 4.67. The van der Waals surface area contributed by atoms with Gasteiger partial charge in [-0.25, -0.2) is 0 Å². The molecule has 15 heavy (non-hydrogen) atoms. The molecule has 1 nitrogen and oxygen atoms in total. The van der Waals surface area contributed by atoms with Gasteiger partial charge in [0.1, 0.15) is 4.87 Å². The second-order valence-corrected chi connectivity index (χ2v) is 6.53. The van der Waals surface area contributed by atoms with E-state index in [-0.39, 0.29) is 12.4 Å². The predicted octanol–water partition coefficient (Wildman–Crippen LogP) is 4.20. The Kier molecular flexibility index (Phi) is 3.67. The molecule has 0 aromatic heterocycles. The number of nitrogens with zero attached hydrogens (tertiary/aromatic N) is 1. The van der Waals surface area contributed by atoms with Gasteiger partial charge in [-0.15, -0.1) is 24.2 Å². The molecule has 1 heterocycles. The van der Waals surface area contributed by atoms with Gasteiger partial charge in [0.15, 0.2) is 0 Å². The fourth-order valence-corrected chi connectivity index (χ4v) is 4.92. The van der Waals surface area contributed by atoms with E-state index in [0.29, 0.717) is 4.87 Å². The zero-order valence-corrected chi connectivity index (χ0v) is 10.8. The summed E-state index contributed by atoms with van der Waals surface area (Å²) in [5, 5.41) is 0.821. The molecule has 0 aromatic carbocycles. The first-order chi connectivity index (χ1) is 6.88. The molecule has 2 saturated carbocycles. The monoisotopic (exact) mass is 245 g/mol. The summed E-state index contributed by atoms with van der Waals surface area (Å²) in [5.41, 5.74) is 1.57. The summed E-state index contributed by atoms with van der Waals surface area (Å²) in [6.45, 7) is 0. The highest BCUT2D eigenvalue weighted by molar-refractivity contribution is 8.02. The molecule has 1 unspecified atom stereocenters. The van der Waals surface area contributed by atoms with Gasteiger partial charge in [0.05, 0.1) is 0 Å². The van der Waals surface area contributed by atoms with E-state index in [4.69, 9.17) is 4.99 Å². The maximum Gasteiger partial charge on any atom is 0.106 e. The van der Waals surface area contributed by atoms with Crippen LogP contribution in [-0.4, -0.2) is 15.8 Å². The summed E-state index contributed by atoms with van der Waals surface area (Å²) in [4.78, 5) is 5.44. The van der Waals surface area contributed by atoms with Crippen LogP contribution in [0.2, 0.25) is 0 Å². The predicted molar refractivity (Wildman–Crippen MR) is 70.3 cm³/mol. The average molecular weight is 246 g/mol. The van der Waals surface area contributed by atoms with Crippen LogP contribution in [0.25, 0.3) is 0 Å². The van der Waals surface area contributed by atoms with Gasteiger partial charge in [0.2, 0.25) is 0 Å². The van der Waals surface area contributed by atoms with Crippen LogP contribution in [0.1, 0.15) is 57.8 Å². The Morgan fingerprint density at radius 1 is 1.07 bits per heavy atom. The quantitative estimate of drug-likeness (QED) is 0.623. The van der Waals surface area contributed by atoms with Crippen molar-refractivity contribution in [3.05, 3.63) is 0 Å². The van der Waals surface area contributed by atoms with Crippen LogP contribution in [0, 0.1) is 0 Å². The third-order valence-corrected chi connectivity index (χ3v) is 5.60. The minimum Gasteiger partial charge on any atom is -0.275 e. The van der Waals surface area contributed by atoms with Gasteiger partial charge in [-0.3, -0.25) is 4.99 Å². The summed E-state index contributed by atoms with van der Waals surface area (Å²) in [6.07, 6.45) is 12.5. The molecule has 0 N–H and O–H groups in total. The van der Waals surface area contributed by atoms with Gasteiger partial charge in [-0.05, 0) is 32.1 Å². The van der Waals surface area contributed by atoms with Crippen molar-refractivity contribution in [2.45, 2.75) is 67.9 Å². The maximum absolute atomic E-state index is 5.08. The Hall–Kier alpha value is 0.310. The zero-order valence-electron chi connectivity index (χ0n) is 9.21. The first kappa shape index (κ1) is 11.8. The number of hydrogen-bond donors (Lipinski definition) is 0. The lowest BCUT2D eigenvalue weighted by Crippen LogP contribution is -2.23. The van der Waals surface area contributed by atoms with Gasteiger partial charge in [-0.1, -0.05) is 25.7 Å².